The minimum absolute atomic E-state index is 0.0916. The van der Waals surface area contributed by atoms with Gasteiger partial charge in [-0.3, -0.25) is 9.69 Å². The Morgan fingerprint density at radius 2 is 1.89 bits per heavy atom. The molecule has 4 rings (SSSR count). The average Bonchev–Trinajstić information content (AvgIpc) is 3.32. The lowest BCUT2D eigenvalue weighted by Crippen LogP contribution is -2.32. The van der Waals surface area contributed by atoms with Crippen LogP contribution in [0.15, 0.2) is 46.5 Å². The lowest BCUT2D eigenvalue weighted by Gasteiger charge is -2.11. The molecule has 1 aromatic heterocycles. The largest absolute Gasteiger partial charge is 0.494 e. The Hall–Kier alpha value is -2.80. The number of furan rings is 1. The number of rotatable bonds is 7. The van der Waals surface area contributed by atoms with Crippen molar-refractivity contribution in [3.8, 4) is 11.5 Å². The van der Waals surface area contributed by atoms with E-state index < -0.39 is 0 Å². The molecule has 0 spiro atoms. The fourth-order valence-corrected chi connectivity index (χ4v) is 3.20. The summed E-state index contributed by atoms with van der Waals surface area (Å²) >= 11 is 5.25. The number of thiocarbonyl (C=S) groups is 1. The number of nitrogens with zero attached hydrogens (tertiary/aromatic N) is 1. The lowest BCUT2D eigenvalue weighted by atomic mass is 10.3. The third-order valence-corrected chi connectivity index (χ3v) is 4.61. The molecule has 0 unspecified atom stereocenters. The highest BCUT2D eigenvalue weighted by atomic mass is 32.1. The summed E-state index contributed by atoms with van der Waals surface area (Å²) in [6, 6.07) is 11.3. The van der Waals surface area contributed by atoms with E-state index in [2.05, 4.69) is 5.32 Å². The Morgan fingerprint density at radius 1 is 1.19 bits per heavy atom. The van der Waals surface area contributed by atoms with Crippen LogP contribution in [0.5, 0.6) is 11.5 Å². The SMILES string of the molecule is CCOc1ccc(OCc2ccc(C=C3NC(=S)N(C4CC4)C3=O)o2)cc1. The zero-order valence-electron chi connectivity index (χ0n) is 14.9. The van der Waals surface area contributed by atoms with Crippen LogP contribution in [0.2, 0.25) is 0 Å². The summed E-state index contributed by atoms with van der Waals surface area (Å²) in [5.41, 5.74) is 0.445. The topological polar surface area (TPSA) is 63.9 Å². The third kappa shape index (κ3) is 3.98. The van der Waals surface area contributed by atoms with Crippen molar-refractivity contribution in [1.29, 1.82) is 0 Å². The van der Waals surface area contributed by atoms with Crippen molar-refractivity contribution in [1.82, 2.24) is 10.2 Å². The normalized spacial score (nSPS) is 18.1. The van der Waals surface area contributed by atoms with Crippen LogP contribution in [0.4, 0.5) is 0 Å². The number of amides is 1. The number of benzene rings is 1. The standard InChI is InChI=1S/C20H20N2O4S/c1-2-24-14-5-7-15(8-6-14)25-12-17-10-9-16(26-17)11-18-19(23)22(13-3-4-13)20(27)21-18/h5-11,13H,2-4,12H2,1H3,(H,21,27). The molecule has 1 amide bonds. The lowest BCUT2D eigenvalue weighted by molar-refractivity contribution is -0.122. The monoisotopic (exact) mass is 384 g/mol. The second kappa shape index (κ2) is 7.44. The molecule has 1 aliphatic heterocycles. The molecule has 2 aliphatic rings. The minimum Gasteiger partial charge on any atom is -0.494 e. The van der Waals surface area contributed by atoms with Gasteiger partial charge in [0.15, 0.2) is 5.11 Å². The van der Waals surface area contributed by atoms with Gasteiger partial charge in [-0.15, -0.1) is 0 Å². The van der Waals surface area contributed by atoms with Gasteiger partial charge in [-0.2, -0.15) is 0 Å². The molecular weight excluding hydrogens is 364 g/mol. The van der Waals surface area contributed by atoms with E-state index in [1.54, 1.807) is 11.0 Å². The van der Waals surface area contributed by atoms with E-state index in [-0.39, 0.29) is 11.9 Å². The smallest absolute Gasteiger partial charge is 0.276 e. The summed E-state index contributed by atoms with van der Waals surface area (Å²) in [6.45, 7) is 2.87. The third-order valence-electron chi connectivity index (χ3n) is 4.31. The maximum Gasteiger partial charge on any atom is 0.276 e. The summed E-state index contributed by atoms with van der Waals surface area (Å²) in [4.78, 5) is 14.1. The van der Waals surface area contributed by atoms with Crippen LogP contribution in [0.3, 0.4) is 0 Å². The predicted molar refractivity (Wildman–Crippen MR) is 104 cm³/mol. The van der Waals surface area contributed by atoms with Crippen molar-refractivity contribution in [2.24, 2.45) is 0 Å². The molecule has 2 heterocycles. The Labute approximate surface area is 162 Å². The average molecular weight is 384 g/mol. The van der Waals surface area contributed by atoms with Crippen molar-refractivity contribution in [3.05, 3.63) is 53.6 Å². The number of carbonyl (C=O) groups excluding carboxylic acids is 1. The molecule has 0 atom stereocenters. The van der Waals surface area contributed by atoms with E-state index in [0.717, 1.165) is 24.3 Å². The molecule has 1 N–H and O–H groups in total. The highest BCUT2D eigenvalue weighted by Crippen LogP contribution is 2.31. The molecular formula is C20H20N2O4S. The van der Waals surface area contributed by atoms with Gasteiger partial charge in [0.25, 0.3) is 5.91 Å². The van der Waals surface area contributed by atoms with Crippen LogP contribution < -0.4 is 14.8 Å². The molecule has 0 radical (unpaired) electrons. The van der Waals surface area contributed by atoms with Gasteiger partial charge in [0.1, 0.15) is 35.3 Å². The molecule has 140 valence electrons. The first kappa shape index (κ1) is 17.6. The first-order valence-electron chi connectivity index (χ1n) is 8.94. The molecule has 1 saturated carbocycles. The van der Waals surface area contributed by atoms with Gasteiger partial charge in [0.2, 0.25) is 0 Å². The predicted octanol–water partition coefficient (Wildman–Crippen LogP) is 3.48. The first-order valence-corrected chi connectivity index (χ1v) is 9.35. The van der Waals surface area contributed by atoms with E-state index in [4.69, 9.17) is 26.1 Å². The van der Waals surface area contributed by atoms with Crippen LogP contribution in [0, 0.1) is 0 Å². The number of carbonyl (C=O) groups is 1. The van der Waals surface area contributed by atoms with Crippen molar-refractivity contribution >= 4 is 29.3 Å². The molecule has 27 heavy (non-hydrogen) atoms. The van der Waals surface area contributed by atoms with Crippen molar-refractivity contribution in [2.45, 2.75) is 32.4 Å². The molecule has 6 nitrogen and oxygen atoms in total. The van der Waals surface area contributed by atoms with E-state index in [1.165, 1.54) is 0 Å². The molecule has 1 aliphatic carbocycles. The maximum absolute atomic E-state index is 12.4. The fourth-order valence-electron chi connectivity index (χ4n) is 2.86. The minimum atomic E-state index is -0.0916. The van der Waals surface area contributed by atoms with Crippen LogP contribution >= 0.6 is 12.2 Å². The Kier molecular flexibility index (Phi) is 4.85. The van der Waals surface area contributed by atoms with Crippen LogP contribution in [-0.2, 0) is 11.4 Å². The number of hydrogen-bond acceptors (Lipinski definition) is 5. The quantitative estimate of drug-likeness (QED) is 0.583. The van der Waals surface area contributed by atoms with Gasteiger partial charge < -0.3 is 19.2 Å². The van der Waals surface area contributed by atoms with Crippen molar-refractivity contribution < 1.29 is 18.7 Å². The van der Waals surface area contributed by atoms with E-state index in [1.807, 2.05) is 43.3 Å². The van der Waals surface area contributed by atoms with Crippen LogP contribution in [0.25, 0.3) is 6.08 Å². The second-order valence-corrected chi connectivity index (χ2v) is 6.78. The highest BCUT2D eigenvalue weighted by Gasteiger charge is 2.41. The van der Waals surface area contributed by atoms with Gasteiger partial charge in [0.05, 0.1) is 6.61 Å². The molecule has 2 aromatic rings. The number of hydrogen-bond donors (Lipinski definition) is 1. The van der Waals surface area contributed by atoms with Gasteiger partial charge in [-0.25, -0.2) is 0 Å². The van der Waals surface area contributed by atoms with Gasteiger partial charge >= 0.3 is 0 Å². The molecule has 2 fully saturated rings. The molecule has 7 heteroatoms. The van der Waals surface area contributed by atoms with Gasteiger partial charge in [-0.1, -0.05) is 0 Å². The summed E-state index contributed by atoms with van der Waals surface area (Å²) in [7, 11) is 0. The maximum atomic E-state index is 12.4. The van der Waals surface area contributed by atoms with E-state index >= 15 is 0 Å². The summed E-state index contributed by atoms with van der Waals surface area (Å²) in [6.07, 6.45) is 3.70. The Balaban J connectivity index is 1.37. The fraction of sp³-hybridized carbons (Fsp3) is 0.300. The van der Waals surface area contributed by atoms with Crippen molar-refractivity contribution in [2.75, 3.05) is 6.61 Å². The van der Waals surface area contributed by atoms with E-state index in [9.17, 15) is 4.79 Å². The molecule has 0 bridgehead atoms. The highest BCUT2D eigenvalue weighted by molar-refractivity contribution is 7.80. The number of ether oxygens (including phenoxy) is 2. The van der Waals surface area contributed by atoms with Crippen molar-refractivity contribution in [3.63, 3.8) is 0 Å². The zero-order chi connectivity index (χ0) is 18.8. The first-order chi connectivity index (χ1) is 13.1. The van der Waals surface area contributed by atoms with E-state index in [0.29, 0.717) is 35.5 Å². The van der Waals surface area contributed by atoms with Crippen LogP contribution in [-0.4, -0.2) is 28.6 Å². The Bertz CT molecular complexity index is 884. The second-order valence-electron chi connectivity index (χ2n) is 6.39. The Morgan fingerprint density at radius 3 is 2.56 bits per heavy atom. The summed E-state index contributed by atoms with van der Waals surface area (Å²) in [5, 5.41) is 3.44. The summed E-state index contributed by atoms with van der Waals surface area (Å²) in [5.74, 6) is 2.70. The van der Waals surface area contributed by atoms with Gasteiger partial charge in [-0.05, 0) is 68.4 Å². The summed E-state index contributed by atoms with van der Waals surface area (Å²) < 4.78 is 16.9. The molecule has 1 saturated heterocycles. The zero-order valence-corrected chi connectivity index (χ0v) is 15.8. The van der Waals surface area contributed by atoms with Gasteiger partial charge in [0, 0.05) is 12.1 Å². The van der Waals surface area contributed by atoms with Crippen LogP contribution in [0.1, 0.15) is 31.3 Å². The molecule has 1 aromatic carbocycles. The number of nitrogens with one attached hydrogen (secondary N) is 1.